The van der Waals surface area contributed by atoms with Gasteiger partial charge in [0.05, 0.1) is 5.69 Å². The van der Waals surface area contributed by atoms with Crippen LogP contribution in [-0.2, 0) is 6.42 Å². The van der Waals surface area contributed by atoms with E-state index in [1.807, 2.05) is 19.1 Å². The molecule has 2 aliphatic rings. The summed E-state index contributed by atoms with van der Waals surface area (Å²) < 4.78 is 0. The van der Waals surface area contributed by atoms with E-state index in [0.29, 0.717) is 24.1 Å². The van der Waals surface area contributed by atoms with Crippen LogP contribution in [0.15, 0.2) is 35.1 Å². The number of nitrogens with one attached hydrogen (secondary N) is 3. The lowest BCUT2D eigenvalue weighted by molar-refractivity contribution is 0.0695. The highest BCUT2D eigenvalue weighted by Crippen LogP contribution is 2.41. The van der Waals surface area contributed by atoms with Gasteiger partial charge >= 0.3 is 5.97 Å². The third-order valence-corrected chi connectivity index (χ3v) is 7.35. The SMILES string of the molecule is CCc1cc(C(=O)O)c(=O)[nH]c1-c1ccc(N2CC3C(NC)CCCC3(NC)C2)cc1. The Labute approximate surface area is 182 Å². The number of aromatic amines is 1. The van der Waals surface area contributed by atoms with Crippen molar-refractivity contribution < 1.29 is 9.90 Å². The van der Waals surface area contributed by atoms with E-state index in [9.17, 15) is 14.7 Å². The number of hydrogen-bond donors (Lipinski definition) is 4. The quantitative estimate of drug-likeness (QED) is 0.569. The Hall–Kier alpha value is -2.64. The van der Waals surface area contributed by atoms with Crippen molar-refractivity contribution in [3.8, 4) is 11.3 Å². The normalized spacial score (nSPS) is 25.5. The van der Waals surface area contributed by atoms with E-state index in [2.05, 4.69) is 46.7 Å². The Morgan fingerprint density at radius 2 is 2.03 bits per heavy atom. The van der Waals surface area contributed by atoms with Crippen molar-refractivity contribution in [3.63, 3.8) is 0 Å². The van der Waals surface area contributed by atoms with Gasteiger partial charge in [-0.25, -0.2) is 4.79 Å². The summed E-state index contributed by atoms with van der Waals surface area (Å²) in [5, 5.41) is 16.4. The number of pyridine rings is 1. The Kier molecular flexibility index (Phi) is 5.90. The predicted octanol–water partition coefficient (Wildman–Crippen LogP) is 2.47. The fourth-order valence-corrected chi connectivity index (χ4v) is 5.59. The molecule has 0 bridgehead atoms. The van der Waals surface area contributed by atoms with E-state index in [-0.39, 0.29) is 11.1 Å². The summed E-state index contributed by atoms with van der Waals surface area (Å²) >= 11 is 0. The molecule has 4 N–H and O–H groups in total. The van der Waals surface area contributed by atoms with Crippen molar-refractivity contribution in [3.05, 3.63) is 51.8 Å². The van der Waals surface area contributed by atoms with Crippen molar-refractivity contribution in [2.75, 3.05) is 32.1 Å². The Morgan fingerprint density at radius 3 is 2.65 bits per heavy atom. The van der Waals surface area contributed by atoms with Crippen molar-refractivity contribution >= 4 is 11.7 Å². The standard InChI is InChI=1S/C24H32N4O3/c1-4-15-12-18(23(30)31)22(29)27-21(15)16-7-9-17(10-8-16)28-13-19-20(25-2)6-5-11-24(19,14-28)26-3/h7-10,12,19-20,25-26H,4-6,11,13-14H2,1-3H3,(H,27,29)(H,30,31). The number of H-pyrrole nitrogens is 1. The van der Waals surface area contributed by atoms with Crippen LogP contribution in [-0.4, -0.2) is 54.8 Å². The lowest BCUT2D eigenvalue weighted by Gasteiger charge is -2.43. The molecule has 4 rings (SSSR count). The molecule has 1 aliphatic carbocycles. The average Bonchev–Trinajstić information content (AvgIpc) is 3.19. The molecule has 7 nitrogen and oxygen atoms in total. The number of aromatic carboxylic acids is 1. The second-order valence-electron chi connectivity index (χ2n) is 8.80. The van der Waals surface area contributed by atoms with Gasteiger partial charge in [0.1, 0.15) is 5.56 Å². The van der Waals surface area contributed by atoms with Gasteiger partial charge in [-0.3, -0.25) is 4.79 Å². The molecule has 0 radical (unpaired) electrons. The van der Waals surface area contributed by atoms with Crippen LogP contribution in [0.4, 0.5) is 5.69 Å². The van der Waals surface area contributed by atoms with Crippen molar-refractivity contribution in [2.45, 2.75) is 44.2 Å². The first kappa shape index (κ1) is 21.6. The molecule has 2 heterocycles. The summed E-state index contributed by atoms with van der Waals surface area (Å²) in [7, 11) is 4.15. The van der Waals surface area contributed by atoms with Crippen LogP contribution in [0.1, 0.15) is 42.1 Å². The first-order valence-corrected chi connectivity index (χ1v) is 11.1. The summed E-state index contributed by atoms with van der Waals surface area (Å²) in [6, 6.07) is 10.3. The summed E-state index contributed by atoms with van der Waals surface area (Å²) in [4.78, 5) is 28.7. The van der Waals surface area contributed by atoms with Crippen LogP contribution in [0.25, 0.3) is 11.3 Å². The number of likely N-dealkylation sites (N-methyl/N-ethyl adjacent to an activating group) is 1. The van der Waals surface area contributed by atoms with Crippen molar-refractivity contribution in [1.29, 1.82) is 0 Å². The maximum absolute atomic E-state index is 12.2. The van der Waals surface area contributed by atoms with Gasteiger partial charge in [-0.1, -0.05) is 19.1 Å². The van der Waals surface area contributed by atoms with Gasteiger partial charge in [0.25, 0.3) is 5.56 Å². The second kappa shape index (κ2) is 8.48. The third-order valence-electron chi connectivity index (χ3n) is 7.35. The van der Waals surface area contributed by atoms with Gasteiger partial charge in [-0.15, -0.1) is 0 Å². The molecule has 3 atom stereocenters. The number of fused-ring (bicyclic) bond motifs is 1. The highest BCUT2D eigenvalue weighted by Gasteiger charge is 2.50. The molecular formula is C24H32N4O3. The predicted molar refractivity (Wildman–Crippen MR) is 123 cm³/mol. The smallest absolute Gasteiger partial charge is 0.341 e. The van der Waals surface area contributed by atoms with Crippen LogP contribution in [0.3, 0.4) is 0 Å². The van der Waals surface area contributed by atoms with E-state index in [0.717, 1.165) is 24.2 Å². The van der Waals surface area contributed by atoms with E-state index in [1.165, 1.54) is 31.0 Å². The summed E-state index contributed by atoms with van der Waals surface area (Å²) in [5.41, 5.74) is 2.93. The number of hydrogen-bond acceptors (Lipinski definition) is 5. The zero-order chi connectivity index (χ0) is 22.2. The van der Waals surface area contributed by atoms with E-state index in [1.54, 1.807) is 0 Å². The van der Waals surface area contributed by atoms with E-state index in [4.69, 9.17) is 0 Å². The first-order valence-electron chi connectivity index (χ1n) is 11.1. The number of carboxylic acid groups (broad SMARTS) is 1. The van der Waals surface area contributed by atoms with Crippen molar-refractivity contribution in [2.24, 2.45) is 5.92 Å². The molecule has 2 fully saturated rings. The molecule has 1 saturated heterocycles. The molecule has 1 aromatic carbocycles. The molecule has 2 aromatic rings. The third kappa shape index (κ3) is 3.77. The van der Waals surface area contributed by atoms with Crippen LogP contribution < -0.4 is 21.1 Å². The van der Waals surface area contributed by atoms with Gasteiger partial charge in [0, 0.05) is 36.3 Å². The second-order valence-corrected chi connectivity index (χ2v) is 8.80. The minimum atomic E-state index is -1.20. The van der Waals surface area contributed by atoms with Crippen LogP contribution in [0, 0.1) is 5.92 Å². The summed E-state index contributed by atoms with van der Waals surface area (Å²) in [6.07, 6.45) is 4.28. The molecular weight excluding hydrogens is 392 g/mol. The highest BCUT2D eigenvalue weighted by molar-refractivity contribution is 5.88. The Balaban J connectivity index is 1.62. The topological polar surface area (TPSA) is 97.5 Å². The number of rotatable bonds is 6. The van der Waals surface area contributed by atoms with Crippen LogP contribution in [0.5, 0.6) is 0 Å². The molecule has 31 heavy (non-hydrogen) atoms. The lowest BCUT2D eigenvalue weighted by Crippen LogP contribution is -2.58. The Bertz CT molecular complexity index is 1020. The molecule has 1 aromatic heterocycles. The van der Waals surface area contributed by atoms with Gasteiger partial charge in [-0.2, -0.15) is 0 Å². The first-order chi connectivity index (χ1) is 14.9. The zero-order valence-corrected chi connectivity index (χ0v) is 18.5. The molecule has 3 unspecified atom stereocenters. The molecule has 7 heteroatoms. The minimum Gasteiger partial charge on any atom is -0.477 e. The van der Waals surface area contributed by atoms with Gasteiger partial charge in [0.15, 0.2) is 0 Å². The fraction of sp³-hybridized carbons (Fsp3) is 0.500. The van der Waals surface area contributed by atoms with E-state index < -0.39 is 11.5 Å². The fourth-order valence-electron chi connectivity index (χ4n) is 5.59. The maximum Gasteiger partial charge on any atom is 0.341 e. The minimum absolute atomic E-state index is 0.137. The number of anilines is 1. The summed E-state index contributed by atoms with van der Waals surface area (Å²) in [5.74, 6) is -0.644. The van der Waals surface area contributed by atoms with E-state index >= 15 is 0 Å². The highest BCUT2D eigenvalue weighted by atomic mass is 16.4. The lowest BCUT2D eigenvalue weighted by atomic mass is 9.72. The summed E-state index contributed by atoms with van der Waals surface area (Å²) in [6.45, 7) is 3.95. The number of benzene rings is 1. The zero-order valence-electron chi connectivity index (χ0n) is 18.5. The molecule has 1 saturated carbocycles. The molecule has 166 valence electrons. The largest absolute Gasteiger partial charge is 0.477 e. The van der Waals surface area contributed by atoms with Gasteiger partial charge in [-0.05, 0) is 69.1 Å². The van der Waals surface area contributed by atoms with Crippen molar-refractivity contribution in [1.82, 2.24) is 15.6 Å². The van der Waals surface area contributed by atoms with Gasteiger partial charge < -0.3 is 25.6 Å². The van der Waals surface area contributed by atoms with Gasteiger partial charge in [0.2, 0.25) is 0 Å². The molecule has 1 aliphatic heterocycles. The monoisotopic (exact) mass is 424 g/mol. The number of aryl methyl sites for hydroxylation is 1. The molecule has 0 spiro atoms. The average molecular weight is 425 g/mol. The maximum atomic E-state index is 12.2. The van der Waals surface area contributed by atoms with Crippen LogP contribution >= 0.6 is 0 Å². The number of carbonyl (C=O) groups is 1. The number of aromatic nitrogens is 1. The number of nitrogens with zero attached hydrogens (tertiary/aromatic N) is 1. The number of carboxylic acids is 1. The Morgan fingerprint density at radius 1 is 1.29 bits per heavy atom. The van der Waals surface area contributed by atoms with Crippen LogP contribution in [0.2, 0.25) is 0 Å². The molecule has 0 amide bonds.